The molecule has 3 nitrogen and oxygen atoms in total. The lowest BCUT2D eigenvalue weighted by Crippen LogP contribution is -2.42. The molecule has 0 aliphatic carbocycles. The Morgan fingerprint density at radius 3 is 2.82 bits per heavy atom. The number of hydrogen-bond donors (Lipinski definition) is 1. The molecule has 0 saturated carbocycles. The lowest BCUT2D eigenvalue weighted by molar-refractivity contribution is -0.0312. The fourth-order valence-electron chi connectivity index (χ4n) is 2.31. The van der Waals surface area contributed by atoms with E-state index in [1.165, 1.54) is 25.7 Å². The summed E-state index contributed by atoms with van der Waals surface area (Å²) in [5.41, 5.74) is 0. The molecule has 1 aliphatic rings. The van der Waals surface area contributed by atoms with Gasteiger partial charge in [-0.15, -0.1) is 0 Å². The molecule has 0 aromatic rings. The minimum atomic E-state index is 0.488. The van der Waals surface area contributed by atoms with Crippen molar-refractivity contribution in [2.24, 2.45) is 0 Å². The third-order valence-corrected chi connectivity index (χ3v) is 3.43. The Morgan fingerprint density at radius 1 is 1.29 bits per heavy atom. The highest BCUT2D eigenvalue weighted by Gasteiger charge is 2.18. The molecule has 0 unspecified atom stereocenters. The summed E-state index contributed by atoms with van der Waals surface area (Å²) in [4.78, 5) is 2.49. The summed E-state index contributed by atoms with van der Waals surface area (Å²) in [5, 5.41) is 3.46. The quantitative estimate of drug-likeness (QED) is 0.661. The zero-order valence-electron chi connectivity index (χ0n) is 11.9. The van der Waals surface area contributed by atoms with Crippen LogP contribution in [0.1, 0.15) is 46.5 Å². The molecule has 1 aliphatic heterocycles. The van der Waals surface area contributed by atoms with E-state index in [4.69, 9.17) is 4.74 Å². The molecule has 1 atom stereocenters. The lowest BCUT2D eigenvalue weighted by Gasteiger charge is -2.32. The molecule has 1 N–H and O–H groups in total. The first-order valence-electron chi connectivity index (χ1n) is 7.29. The smallest absolute Gasteiger partial charge is 0.0702 e. The van der Waals surface area contributed by atoms with Crippen molar-refractivity contribution in [3.05, 3.63) is 0 Å². The van der Waals surface area contributed by atoms with Gasteiger partial charge in [0.1, 0.15) is 0 Å². The van der Waals surface area contributed by atoms with Crippen LogP contribution in [0, 0.1) is 0 Å². The number of nitrogens with one attached hydrogen (secondary N) is 1. The number of rotatable bonds is 8. The monoisotopic (exact) mass is 242 g/mol. The summed E-state index contributed by atoms with van der Waals surface area (Å²) in [7, 11) is 0. The first-order chi connectivity index (χ1) is 8.22. The second kappa shape index (κ2) is 8.90. The lowest BCUT2D eigenvalue weighted by atomic mass is 10.1. The topological polar surface area (TPSA) is 24.5 Å². The molecule has 0 aromatic heterocycles. The SMILES string of the molecule is CCN1CCO[C@H](CCCCCNC(C)C)C1. The highest BCUT2D eigenvalue weighted by Crippen LogP contribution is 2.12. The predicted molar refractivity (Wildman–Crippen MR) is 73.5 cm³/mol. The molecule has 102 valence electrons. The van der Waals surface area contributed by atoms with Crippen LogP contribution < -0.4 is 5.32 Å². The third kappa shape index (κ3) is 7.02. The molecule has 0 aromatic carbocycles. The first kappa shape index (κ1) is 14.9. The molecule has 0 bridgehead atoms. The molecule has 0 radical (unpaired) electrons. The largest absolute Gasteiger partial charge is 0.376 e. The van der Waals surface area contributed by atoms with Gasteiger partial charge in [0.25, 0.3) is 0 Å². The Labute approximate surface area is 107 Å². The molecule has 0 spiro atoms. The molecule has 0 amide bonds. The van der Waals surface area contributed by atoms with E-state index in [0.717, 1.165) is 32.8 Å². The number of likely N-dealkylation sites (N-methyl/N-ethyl adjacent to an activating group) is 1. The van der Waals surface area contributed by atoms with Crippen molar-refractivity contribution in [1.82, 2.24) is 10.2 Å². The minimum absolute atomic E-state index is 0.488. The maximum absolute atomic E-state index is 5.80. The highest BCUT2D eigenvalue weighted by molar-refractivity contribution is 4.70. The van der Waals surface area contributed by atoms with Gasteiger partial charge in [0, 0.05) is 19.1 Å². The third-order valence-electron chi connectivity index (χ3n) is 3.43. The van der Waals surface area contributed by atoms with E-state index in [1.807, 2.05) is 0 Å². The standard InChI is InChI=1S/C14H30N2O/c1-4-16-10-11-17-14(12-16)8-6-5-7-9-15-13(2)3/h13-15H,4-12H2,1-3H3/t14-/m1/s1. The predicted octanol–water partition coefficient (Wildman–Crippen LogP) is 2.27. The highest BCUT2D eigenvalue weighted by atomic mass is 16.5. The van der Waals surface area contributed by atoms with Crippen LogP contribution in [0.4, 0.5) is 0 Å². The number of morpholine rings is 1. The Kier molecular flexibility index (Phi) is 7.82. The Bertz CT molecular complexity index is 185. The normalized spacial score (nSPS) is 22.2. The van der Waals surface area contributed by atoms with Gasteiger partial charge in [0.15, 0.2) is 0 Å². The van der Waals surface area contributed by atoms with Crippen LogP contribution in [0.15, 0.2) is 0 Å². The van der Waals surface area contributed by atoms with Crippen LogP contribution in [-0.4, -0.2) is 49.8 Å². The summed E-state index contributed by atoms with van der Waals surface area (Å²) < 4.78 is 5.80. The second-order valence-electron chi connectivity index (χ2n) is 5.34. The molecular weight excluding hydrogens is 212 g/mol. The van der Waals surface area contributed by atoms with Gasteiger partial charge in [0.05, 0.1) is 12.7 Å². The second-order valence-corrected chi connectivity index (χ2v) is 5.34. The summed E-state index contributed by atoms with van der Waals surface area (Å²) >= 11 is 0. The number of nitrogens with zero attached hydrogens (tertiary/aromatic N) is 1. The molecular formula is C14H30N2O. The van der Waals surface area contributed by atoms with Gasteiger partial charge in [-0.25, -0.2) is 0 Å². The Balaban J connectivity index is 1.95. The average molecular weight is 242 g/mol. The Hall–Kier alpha value is -0.120. The molecule has 1 saturated heterocycles. The molecule has 17 heavy (non-hydrogen) atoms. The van der Waals surface area contributed by atoms with E-state index < -0.39 is 0 Å². The van der Waals surface area contributed by atoms with Crippen molar-refractivity contribution in [1.29, 1.82) is 0 Å². The van der Waals surface area contributed by atoms with Crippen LogP contribution in [-0.2, 0) is 4.74 Å². The van der Waals surface area contributed by atoms with Gasteiger partial charge in [0.2, 0.25) is 0 Å². The van der Waals surface area contributed by atoms with Crippen LogP contribution >= 0.6 is 0 Å². The van der Waals surface area contributed by atoms with Crippen molar-refractivity contribution in [2.75, 3.05) is 32.8 Å². The van der Waals surface area contributed by atoms with Gasteiger partial charge in [-0.05, 0) is 25.9 Å². The maximum atomic E-state index is 5.80. The van der Waals surface area contributed by atoms with Crippen LogP contribution in [0.25, 0.3) is 0 Å². The number of hydrogen-bond acceptors (Lipinski definition) is 3. The Morgan fingerprint density at radius 2 is 2.12 bits per heavy atom. The zero-order valence-corrected chi connectivity index (χ0v) is 11.9. The van der Waals surface area contributed by atoms with Crippen molar-refractivity contribution in [3.8, 4) is 0 Å². The van der Waals surface area contributed by atoms with Crippen molar-refractivity contribution in [2.45, 2.75) is 58.6 Å². The van der Waals surface area contributed by atoms with Gasteiger partial charge in [-0.2, -0.15) is 0 Å². The zero-order chi connectivity index (χ0) is 12.5. The van der Waals surface area contributed by atoms with Crippen LogP contribution in [0.5, 0.6) is 0 Å². The van der Waals surface area contributed by atoms with Gasteiger partial charge in [-0.3, -0.25) is 4.90 Å². The summed E-state index contributed by atoms with van der Waals surface area (Å²) in [6, 6.07) is 0.620. The van der Waals surface area contributed by atoms with Crippen LogP contribution in [0.3, 0.4) is 0 Å². The van der Waals surface area contributed by atoms with E-state index in [0.29, 0.717) is 12.1 Å². The summed E-state index contributed by atoms with van der Waals surface area (Å²) in [6.07, 6.45) is 5.65. The average Bonchev–Trinajstić information content (AvgIpc) is 2.33. The van der Waals surface area contributed by atoms with Crippen molar-refractivity contribution >= 4 is 0 Å². The molecule has 3 heteroatoms. The molecule has 1 heterocycles. The number of unbranched alkanes of at least 4 members (excludes halogenated alkanes) is 2. The van der Waals surface area contributed by atoms with E-state index in [2.05, 4.69) is 31.0 Å². The van der Waals surface area contributed by atoms with Crippen molar-refractivity contribution in [3.63, 3.8) is 0 Å². The molecule has 1 rings (SSSR count). The van der Waals surface area contributed by atoms with Crippen LogP contribution in [0.2, 0.25) is 0 Å². The maximum Gasteiger partial charge on any atom is 0.0702 e. The minimum Gasteiger partial charge on any atom is -0.376 e. The van der Waals surface area contributed by atoms with Gasteiger partial charge < -0.3 is 10.1 Å². The van der Waals surface area contributed by atoms with Gasteiger partial charge in [-0.1, -0.05) is 33.6 Å². The summed E-state index contributed by atoms with van der Waals surface area (Å²) in [5.74, 6) is 0. The first-order valence-corrected chi connectivity index (χ1v) is 7.29. The van der Waals surface area contributed by atoms with E-state index in [1.54, 1.807) is 0 Å². The van der Waals surface area contributed by atoms with E-state index in [9.17, 15) is 0 Å². The summed E-state index contributed by atoms with van der Waals surface area (Å²) in [6.45, 7) is 12.1. The van der Waals surface area contributed by atoms with Crippen molar-refractivity contribution < 1.29 is 4.74 Å². The van der Waals surface area contributed by atoms with Gasteiger partial charge >= 0.3 is 0 Å². The fourth-order valence-corrected chi connectivity index (χ4v) is 2.31. The fraction of sp³-hybridized carbons (Fsp3) is 1.00. The van der Waals surface area contributed by atoms with E-state index >= 15 is 0 Å². The molecule has 1 fully saturated rings. The van der Waals surface area contributed by atoms with E-state index in [-0.39, 0.29) is 0 Å². The number of ether oxygens (including phenoxy) is 1.